The van der Waals surface area contributed by atoms with Crippen molar-refractivity contribution < 1.29 is 4.42 Å². The molecule has 0 aromatic carbocycles. The second-order valence-corrected chi connectivity index (χ2v) is 6.06. The SMILES string of the molecule is Cc1cc(C(C)N2CC3CNCC3C2C)c(C)o1. The Hall–Kier alpha value is -0.800. The van der Waals surface area contributed by atoms with Crippen LogP contribution in [-0.2, 0) is 0 Å². The minimum absolute atomic E-state index is 0.475. The Bertz CT molecular complexity index is 440. The van der Waals surface area contributed by atoms with Crippen LogP contribution in [-0.4, -0.2) is 30.6 Å². The maximum absolute atomic E-state index is 5.69. The summed E-state index contributed by atoms with van der Waals surface area (Å²) in [5.41, 5.74) is 1.37. The fraction of sp³-hybridized carbons (Fsp3) is 0.733. The van der Waals surface area contributed by atoms with Gasteiger partial charge in [-0.1, -0.05) is 0 Å². The van der Waals surface area contributed by atoms with Crippen molar-refractivity contribution in [1.29, 1.82) is 0 Å². The Balaban J connectivity index is 1.81. The molecule has 0 aliphatic carbocycles. The van der Waals surface area contributed by atoms with Crippen LogP contribution in [0.2, 0.25) is 0 Å². The van der Waals surface area contributed by atoms with Gasteiger partial charge in [0.15, 0.2) is 0 Å². The Morgan fingerprint density at radius 2 is 2.17 bits per heavy atom. The minimum atomic E-state index is 0.475. The number of furan rings is 1. The van der Waals surface area contributed by atoms with Gasteiger partial charge in [0.1, 0.15) is 11.5 Å². The van der Waals surface area contributed by atoms with Gasteiger partial charge in [0.2, 0.25) is 0 Å². The summed E-state index contributed by atoms with van der Waals surface area (Å²) >= 11 is 0. The normalized spacial score (nSPS) is 33.9. The number of aryl methyl sites for hydroxylation is 2. The zero-order chi connectivity index (χ0) is 12.9. The van der Waals surface area contributed by atoms with Crippen LogP contribution in [0, 0.1) is 25.7 Å². The molecule has 0 saturated carbocycles. The lowest BCUT2D eigenvalue weighted by atomic mass is 9.95. The predicted octanol–water partition coefficient (Wildman–Crippen LogP) is 2.50. The standard InChI is InChI=1S/C15H24N2O/c1-9-5-14(12(4)18-9)10(2)17-8-13-6-16-7-15(13)11(17)3/h5,10-11,13,15-16H,6-8H2,1-4H3. The first-order chi connectivity index (χ1) is 8.58. The molecule has 2 saturated heterocycles. The van der Waals surface area contributed by atoms with Crippen LogP contribution in [0.3, 0.4) is 0 Å². The van der Waals surface area contributed by atoms with E-state index in [2.05, 4.69) is 37.1 Å². The summed E-state index contributed by atoms with van der Waals surface area (Å²) in [6.07, 6.45) is 0. The van der Waals surface area contributed by atoms with E-state index in [0.29, 0.717) is 12.1 Å². The van der Waals surface area contributed by atoms with E-state index < -0.39 is 0 Å². The van der Waals surface area contributed by atoms with Gasteiger partial charge in [-0.2, -0.15) is 0 Å². The lowest BCUT2D eigenvalue weighted by Gasteiger charge is -2.30. The number of hydrogen-bond donors (Lipinski definition) is 1. The fourth-order valence-electron chi connectivity index (χ4n) is 3.96. The van der Waals surface area contributed by atoms with Gasteiger partial charge in [0.05, 0.1) is 0 Å². The van der Waals surface area contributed by atoms with Gasteiger partial charge in [-0.25, -0.2) is 0 Å². The molecular formula is C15H24N2O. The van der Waals surface area contributed by atoms with Crippen molar-refractivity contribution in [2.24, 2.45) is 11.8 Å². The number of nitrogens with zero attached hydrogens (tertiary/aromatic N) is 1. The van der Waals surface area contributed by atoms with Gasteiger partial charge < -0.3 is 9.73 Å². The first-order valence-electron chi connectivity index (χ1n) is 7.11. The molecule has 3 heteroatoms. The topological polar surface area (TPSA) is 28.4 Å². The van der Waals surface area contributed by atoms with Gasteiger partial charge in [0, 0.05) is 24.2 Å². The van der Waals surface area contributed by atoms with Gasteiger partial charge in [-0.15, -0.1) is 0 Å². The third-order valence-corrected chi connectivity index (χ3v) is 5.01. The van der Waals surface area contributed by atoms with Crippen LogP contribution in [0.1, 0.15) is 37.0 Å². The van der Waals surface area contributed by atoms with Crippen LogP contribution < -0.4 is 5.32 Å². The smallest absolute Gasteiger partial charge is 0.105 e. The summed E-state index contributed by atoms with van der Waals surface area (Å²) in [6, 6.07) is 3.36. The van der Waals surface area contributed by atoms with Gasteiger partial charge >= 0.3 is 0 Å². The molecule has 4 atom stereocenters. The van der Waals surface area contributed by atoms with Crippen LogP contribution in [0.25, 0.3) is 0 Å². The Morgan fingerprint density at radius 3 is 2.78 bits per heavy atom. The van der Waals surface area contributed by atoms with Crippen LogP contribution in [0.5, 0.6) is 0 Å². The molecule has 0 amide bonds. The molecule has 0 bridgehead atoms. The molecule has 0 spiro atoms. The van der Waals surface area contributed by atoms with E-state index in [0.717, 1.165) is 23.4 Å². The van der Waals surface area contributed by atoms with Crippen molar-refractivity contribution in [3.05, 3.63) is 23.2 Å². The average Bonchev–Trinajstić information content (AvgIpc) is 2.96. The van der Waals surface area contributed by atoms with Crippen LogP contribution in [0.4, 0.5) is 0 Å². The maximum atomic E-state index is 5.69. The maximum Gasteiger partial charge on any atom is 0.105 e. The molecule has 3 nitrogen and oxygen atoms in total. The first kappa shape index (κ1) is 12.2. The molecule has 3 heterocycles. The summed E-state index contributed by atoms with van der Waals surface area (Å²) in [4.78, 5) is 2.66. The molecule has 100 valence electrons. The molecule has 2 aliphatic heterocycles. The summed E-state index contributed by atoms with van der Waals surface area (Å²) in [6.45, 7) is 12.4. The van der Waals surface area contributed by atoms with E-state index >= 15 is 0 Å². The molecule has 2 aliphatic rings. The number of nitrogens with one attached hydrogen (secondary N) is 1. The Kier molecular flexibility index (Phi) is 2.99. The Labute approximate surface area is 110 Å². The minimum Gasteiger partial charge on any atom is -0.466 e. The summed E-state index contributed by atoms with van der Waals surface area (Å²) in [5.74, 6) is 3.79. The summed E-state index contributed by atoms with van der Waals surface area (Å²) in [7, 11) is 0. The summed E-state index contributed by atoms with van der Waals surface area (Å²) < 4.78 is 5.69. The fourth-order valence-corrected chi connectivity index (χ4v) is 3.96. The number of hydrogen-bond acceptors (Lipinski definition) is 3. The van der Waals surface area contributed by atoms with Crippen molar-refractivity contribution in [3.8, 4) is 0 Å². The number of rotatable bonds is 2. The van der Waals surface area contributed by atoms with Crippen LogP contribution in [0.15, 0.2) is 10.5 Å². The van der Waals surface area contributed by atoms with Crippen molar-refractivity contribution in [2.75, 3.05) is 19.6 Å². The van der Waals surface area contributed by atoms with Gasteiger partial charge in [-0.05, 0) is 58.7 Å². The number of fused-ring (bicyclic) bond motifs is 1. The molecule has 1 N–H and O–H groups in total. The lowest BCUT2D eigenvalue weighted by Crippen LogP contribution is -2.35. The monoisotopic (exact) mass is 248 g/mol. The third-order valence-electron chi connectivity index (χ3n) is 5.01. The van der Waals surface area contributed by atoms with Crippen molar-refractivity contribution in [3.63, 3.8) is 0 Å². The van der Waals surface area contributed by atoms with E-state index in [1.165, 1.54) is 25.2 Å². The Morgan fingerprint density at radius 1 is 1.39 bits per heavy atom. The molecule has 2 fully saturated rings. The van der Waals surface area contributed by atoms with Gasteiger partial charge in [-0.3, -0.25) is 4.90 Å². The van der Waals surface area contributed by atoms with Crippen molar-refractivity contribution in [2.45, 2.75) is 39.8 Å². The molecule has 18 heavy (non-hydrogen) atoms. The largest absolute Gasteiger partial charge is 0.466 e. The second kappa shape index (κ2) is 4.39. The quantitative estimate of drug-likeness (QED) is 0.871. The van der Waals surface area contributed by atoms with E-state index in [-0.39, 0.29) is 0 Å². The van der Waals surface area contributed by atoms with Crippen molar-refractivity contribution in [1.82, 2.24) is 10.2 Å². The van der Waals surface area contributed by atoms with E-state index in [1.54, 1.807) is 0 Å². The average molecular weight is 248 g/mol. The second-order valence-electron chi connectivity index (χ2n) is 6.06. The van der Waals surface area contributed by atoms with Gasteiger partial charge in [0.25, 0.3) is 0 Å². The lowest BCUT2D eigenvalue weighted by molar-refractivity contribution is 0.181. The summed E-state index contributed by atoms with van der Waals surface area (Å²) in [5, 5.41) is 3.52. The first-order valence-corrected chi connectivity index (χ1v) is 7.11. The molecule has 4 unspecified atom stereocenters. The highest BCUT2D eigenvalue weighted by atomic mass is 16.3. The zero-order valence-corrected chi connectivity index (χ0v) is 11.9. The predicted molar refractivity (Wildman–Crippen MR) is 72.6 cm³/mol. The van der Waals surface area contributed by atoms with E-state index in [9.17, 15) is 0 Å². The molecular weight excluding hydrogens is 224 g/mol. The van der Waals surface area contributed by atoms with Crippen LogP contribution >= 0.6 is 0 Å². The number of likely N-dealkylation sites (tertiary alicyclic amines) is 1. The molecule has 1 aromatic heterocycles. The van der Waals surface area contributed by atoms with E-state index in [4.69, 9.17) is 4.42 Å². The van der Waals surface area contributed by atoms with Crippen molar-refractivity contribution >= 4 is 0 Å². The zero-order valence-electron chi connectivity index (χ0n) is 11.9. The highest BCUT2D eigenvalue weighted by molar-refractivity contribution is 5.24. The molecule has 1 aromatic rings. The van der Waals surface area contributed by atoms with E-state index in [1.807, 2.05) is 6.92 Å². The molecule has 3 rings (SSSR count). The highest BCUT2D eigenvalue weighted by Gasteiger charge is 2.43. The molecule has 0 radical (unpaired) electrons. The highest BCUT2D eigenvalue weighted by Crippen LogP contribution is 2.38. The third kappa shape index (κ3) is 1.81.